The first-order valence-electron chi connectivity index (χ1n) is 5.70. The van der Waals surface area contributed by atoms with Gasteiger partial charge in [0, 0.05) is 12.6 Å². The molecular formula is C13H14ClFN2O2. The lowest BCUT2D eigenvalue weighted by Crippen LogP contribution is -2.35. The number of amides is 2. The normalized spacial score (nSPS) is 10.5. The molecule has 0 atom stereocenters. The number of likely N-dealkylation sites (N-methyl/N-ethyl adjacent to an activating group) is 1. The van der Waals surface area contributed by atoms with E-state index >= 15 is 0 Å². The molecule has 1 aromatic rings. The molecule has 6 heteroatoms. The summed E-state index contributed by atoms with van der Waals surface area (Å²) in [5, 5.41) is 4.96. The van der Waals surface area contributed by atoms with Gasteiger partial charge in [0.25, 0.3) is 0 Å². The fraction of sp³-hybridized carbons (Fsp3) is 0.231. The molecule has 0 aliphatic rings. The molecule has 2 N–H and O–H groups in total. The summed E-state index contributed by atoms with van der Waals surface area (Å²) in [6.07, 6.45) is 2.74. The van der Waals surface area contributed by atoms with Crippen LogP contribution in [-0.4, -0.2) is 24.9 Å². The lowest BCUT2D eigenvalue weighted by atomic mass is 10.2. The first-order valence-corrected chi connectivity index (χ1v) is 6.08. The molecule has 0 saturated carbocycles. The Morgan fingerprint density at radius 3 is 2.74 bits per heavy atom. The number of nitrogens with one attached hydrogen (secondary N) is 2. The molecule has 2 amide bonds. The van der Waals surface area contributed by atoms with Crippen LogP contribution in [-0.2, 0) is 9.59 Å². The molecule has 19 heavy (non-hydrogen) atoms. The van der Waals surface area contributed by atoms with E-state index in [1.165, 1.54) is 30.4 Å². The van der Waals surface area contributed by atoms with Crippen LogP contribution in [0.1, 0.15) is 12.5 Å². The fourth-order valence-corrected chi connectivity index (χ4v) is 1.46. The van der Waals surface area contributed by atoms with Gasteiger partial charge in [-0.3, -0.25) is 9.59 Å². The van der Waals surface area contributed by atoms with E-state index in [9.17, 15) is 14.0 Å². The van der Waals surface area contributed by atoms with E-state index in [-0.39, 0.29) is 17.5 Å². The second-order valence-corrected chi connectivity index (χ2v) is 4.09. The van der Waals surface area contributed by atoms with Crippen LogP contribution >= 0.6 is 11.6 Å². The van der Waals surface area contributed by atoms with E-state index in [1.54, 1.807) is 6.92 Å². The first kappa shape index (κ1) is 15.2. The molecule has 0 aliphatic carbocycles. The molecular weight excluding hydrogens is 271 g/mol. The number of hydrogen-bond donors (Lipinski definition) is 2. The quantitative estimate of drug-likeness (QED) is 0.809. The van der Waals surface area contributed by atoms with E-state index in [4.69, 9.17) is 11.6 Å². The highest BCUT2D eigenvalue weighted by Gasteiger charge is 2.02. The van der Waals surface area contributed by atoms with Gasteiger partial charge in [-0.15, -0.1) is 0 Å². The zero-order valence-electron chi connectivity index (χ0n) is 10.4. The fourth-order valence-electron chi connectivity index (χ4n) is 1.27. The van der Waals surface area contributed by atoms with E-state index in [2.05, 4.69) is 10.6 Å². The van der Waals surface area contributed by atoms with Crippen molar-refractivity contribution in [2.45, 2.75) is 6.92 Å². The largest absolute Gasteiger partial charge is 0.355 e. The van der Waals surface area contributed by atoms with Crippen molar-refractivity contribution in [1.82, 2.24) is 10.6 Å². The van der Waals surface area contributed by atoms with Gasteiger partial charge in [-0.05, 0) is 30.7 Å². The van der Waals surface area contributed by atoms with Crippen molar-refractivity contribution in [2.75, 3.05) is 13.1 Å². The number of hydrogen-bond acceptors (Lipinski definition) is 2. The zero-order valence-corrected chi connectivity index (χ0v) is 11.1. The summed E-state index contributed by atoms with van der Waals surface area (Å²) in [5.41, 5.74) is 0.597. The van der Waals surface area contributed by atoms with Gasteiger partial charge < -0.3 is 10.6 Å². The van der Waals surface area contributed by atoms with Gasteiger partial charge in [-0.25, -0.2) is 4.39 Å². The molecule has 0 aliphatic heterocycles. The lowest BCUT2D eigenvalue weighted by molar-refractivity contribution is -0.123. The van der Waals surface area contributed by atoms with E-state index in [0.717, 1.165) is 0 Å². The van der Waals surface area contributed by atoms with E-state index in [0.29, 0.717) is 12.1 Å². The Labute approximate surface area is 115 Å². The smallest absolute Gasteiger partial charge is 0.244 e. The van der Waals surface area contributed by atoms with Crippen molar-refractivity contribution in [1.29, 1.82) is 0 Å². The van der Waals surface area contributed by atoms with Gasteiger partial charge >= 0.3 is 0 Å². The monoisotopic (exact) mass is 284 g/mol. The molecule has 0 fully saturated rings. The molecule has 0 unspecified atom stereocenters. The topological polar surface area (TPSA) is 58.2 Å². The predicted octanol–water partition coefficient (Wildman–Crippen LogP) is 1.74. The zero-order chi connectivity index (χ0) is 14.3. The molecule has 0 radical (unpaired) electrons. The third kappa shape index (κ3) is 5.52. The Bertz CT molecular complexity index is 503. The summed E-state index contributed by atoms with van der Waals surface area (Å²) in [6.45, 7) is 2.22. The average molecular weight is 285 g/mol. The number of benzene rings is 1. The van der Waals surface area contributed by atoms with Crippen molar-refractivity contribution in [2.24, 2.45) is 0 Å². The van der Waals surface area contributed by atoms with Gasteiger partial charge in [-0.1, -0.05) is 17.7 Å². The summed E-state index contributed by atoms with van der Waals surface area (Å²) >= 11 is 5.60. The Hall–Kier alpha value is -1.88. The highest BCUT2D eigenvalue weighted by atomic mass is 35.5. The average Bonchev–Trinajstić information content (AvgIpc) is 2.38. The molecule has 0 saturated heterocycles. The Kier molecular flexibility index (Phi) is 6.02. The van der Waals surface area contributed by atoms with E-state index in [1.807, 2.05) is 0 Å². The second kappa shape index (κ2) is 7.53. The van der Waals surface area contributed by atoms with Gasteiger partial charge in [0.2, 0.25) is 11.8 Å². The summed E-state index contributed by atoms with van der Waals surface area (Å²) in [4.78, 5) is 22.5. The minimum Gasteiger partial charge on any atom is -0.355 e. The Morgan fingerprint density at radius 1 is 1.37 bits per heavy atom. The predicted molar refractivity (Wildman–Crippen MR) is 72.1 cm³/mol. The van der Waals surface area contributed by atoms with Gasteiger partial charge in [0.05, 0.1) is 11.6 Å². The highest BCUT2D eigenvalue weighted by molar-refractivity contribution is 6.30. The Morgan fingerprint density at radius 2 is 2.11 bits per heavy atom. The summed E-state index contributed by atoms with van der Waals surface area (Å²) in [7, 11) is 0. The first-order chi connectivity index (χ1) is 9.02. The van der Waals surface area contributed by atoms with Crippen LogP contribution in [0.4, 0.5) is 4.39 Å². The molecule has 102 valence electrons. The van der Waals surface area contributed by atoms with Crippen LogP contribution < -0.4 is 10.6 Å². The van der Waals surface area contributed by atoms with Crippen LogP contribution in [0.15, 0.2) is 24.3 Å². The number of carbonyl (C=O) groups is 2. The number of rotatable bonds is 5. The highest BCUT2D eigenvalue weighted by Crippen LogP contribution is 2.16. The van der Waals surface area contributed by atoms with Crippen molar-refractivity contribution in [3.63, 3.8) is 0 Å². The van der Waals surface area contributed by atoms with Crippen molar-refractivity contribution in [3.05, 3.63) is 40.7 Å². The third-order valence-corrected chi connectivity index (χ3v) is 2.46. The molecule has 1 aromatic carbocycles. The van der Waals surface area contributed by atoms with Gasteiger partial charge in [0.1, 0.15) is 5.82 Å². The van der Waals surface area contributed by atoms with Crippen LogP contribution in [0.3, 0.4) is 0 Å². The van der Waals surface area contributed by atoms with Gasteiger partial charge in [0.15, 0.2) is 0 Å². The van der Waals surface area contributed by atoms with Crippen LogP contribution in [0.25, 0.3) is 6.08 Å². The van der Waals surface area contributed by atoms with Crippen LogP contribution in [0.5, 0.6) is 0 Å². The maximum absolute atomic E-state index is 12.9. The summed E-state index contributed by atoms with van der Waals surface area (Å²) in [5.74, 6) is -1.18. The number of halogens is 2. The molecule has 0 spiro atoms. The third-order valence-electron chi connectivity index (χ3n) is 2.17. The van der Waals surface area contributed by atoms with E-state index < -0.39 is 11.7 Å². The molecule has 0 heterocycles. The van der Waals surface area contributed by atoms with Crippen LogP contribution in [0, 0.1) is 5.82 Å². The molecule has 4 nitrogen and oxygen atoms in total. The maximum atomic E-state index is 12.9. The minimum atomic E-state index is -0.514. The van der Waals surface area contributed by atoms with Gasteiger partial charge in [-0.2, -0.15) is 0 Å². The second-order valence-electron chi connectivity index (χ2n) is 3.68. The molecule has 1 rings (SSSR count). The van der Waals surface area contributed by atoms with Crippen molar-refractivity contribution in [3.8, 4) is 0 Å². The van der Waals surface area contributed by atoms with Crippen molar-refractivity contribution < 1.29 is 14.0 Å². The SMILES string of the molecule is CCNC(=O)CNC(=O)/C=C/c1ccc(F)c(Cl)c1. The van der Waals surface area contributed by atoms with Crippen LogP contribution in [0.2, 0.25) is 5.02 Å². The lowest BCUT2D eigenvalue weighted by Gasteiger charge is -2.02. The van der Waals surface area contributed by atoms with Crippen molar-refractivity contribution >= 4 is 29.5 Å². The summed E-state index contributed by atoms with van der Waals surface area (Å²) < 4.78 is 12.9. The number of carbonyl (C=O) groups excluding carboxylic acids is 2. The minimum absolute atomic E-state index is 0.00937. The Balaban J connectivity index is 2.49. The molecule has 0 bridgehead atoms. The summed E-state index contributed by atoms with van der Waals surface area (Å²) in [6, 6.07) is 4.12. The molecule has 0 aromatic heterocycles. The maximum Gasteiger partial charge on any atom is 0.244 e. The standard InChI is InChI=1S/C13H14ClFN2O2/c1-2-16-13(19)8-17-12(18)6-4-9-3-5-11(15)10(14)7-9/h3-7H,2,8H2,1H3,(H,16,19)(H,17,18)/b6-4+.